The third-order valence-electron chi connectivity index (χ3n) is 6.19. The SMILES string of the molecule is Cc1nc2c(-c3ccccc3-c3ccccc3)cc3ccccc3c2nc1-c1ccccc1. The van der Waals surface area contributed by atoms with Crippen molar-refractivity contribution in [2.24, 2.45) is 0 Å². The van der Waals surface area contributed by atoms with Crippen molar-refractivity contribution < 1.29 is 0 Å². The van der Waals surface area contributed by atoms with E-state index < -0.39 is 0 Å². The fraction of sp³-hybridized carbons (Fsp3) is 0.0323. The molecule has 2 nitrogen and oxygen atoms in total. The van der Waals surface area contributed by atoms with Crippen LogP contribution in [0.5, 0.6) is 0 Å². The van der Waals surface area contributed by atoms with Gasteiger partial charge in [-0.3, -0.25) is 0 Å². The van der Waals surface area contributed by atoms with Crippen molar-refractivity contribution in [3.8, 4) is 33.5 Å². The number of nitrogens with zero attached hydrogens (tertiary/aromatic N) is 2. The average Bonchev–Trinajstić information content (AvgIpc) is 2.89. The number of hydrogen-bond donors (Lipinski definition) is 0. The zero-order valence-corrected chi connectivity index (χ0v) is 18.4. The van der Waals surface area contributed by atoms with Crippen LogP contribution in [-0.4, -0.2) is 9.97 Å². The van der Waals surface area contributed by atoms with Gasteiger partial charge in [0, 0.05) is 16.5 Å². The topological polar surface area (TPSA) is 25.8 Å². The van der Waals surface area contributed by atoms with Gasteiger partial charge in [-0.25, -0.2) is 9.97 Å². The highest BCUT2D eigenvalue weighted by Crippen LogP contribution is 2.39. The van der Waals surface area contributed by atoms with Crippen LogP contribution < -0.4 is 0 Å². The minimum absolute atomic E-state index is 0.932. The highest BCUT2D eigenvalue weighted by atomic mass is 14.8. The van der Waals surface area contributed by atoms with Gasteiger partial charge in [-0.1, -0.05) is 109 Å². The van der Waals surface area contributed by atoms with E-state index >= 15 is 0 Å². The van der Waals surface area contributed by atoms with Crippen LogP contribution in [0, 0.1) is 6.92 Å². The molecule has 0 N–H and O–H groups in total. The van der Waals surface area contributed by atoms with Gasteiger partial charge in [0.1, 0.15) is 0 Å². The number of aryl methyl sites for hydroxylation is 1. The number of fused-ring (bicyclic) bond motifs is 3. The Balaban J connectivity index is 1.70. The highest BCUT2D eigenvalue weighted by molar-refractivity contribution is 6.12. The summed E-state index contributed by atoms with van der Waals surface area (Å²) in [6.07, 6.45) is 0. The molecular weight excluding hydrogens is 400 g/mol. The van der Waals surface area contributed by atoms with Gasteiger partial charge in [0.25, 0.3) is 0 Å². The lowest BCUT2D eigenvalue weighted by Crippen LogP contribution is -1.98. The van der Waals surface area contributed by atoms with Crippen molar-refractivity contribution >= 4 is 21.8 Å². The molecular formula is C31H22N2. The molecule has 0 amide bonds. The first kappa shape index (κ1) is 19.4. The molecule has 6 aromatic rings. The summed E-state index contributed by atoms with van der Waals surface area (Å²) >= 11 is 0. The van der Waals surface area contributed by atoms with Crippen LogP contribution in [0.15, 0.2) is 115 Å². The van der Waals surface area contributed by atoms with Gasteiger partial charge < -0.3 is 0 Å². The molecule has 0 radical (unpaired) electrons. The lowest BCUT2D eigenvalue weighted by atomic mass is 9.92. The van der Waals surface area contributed by atoms with E-state index in [4.69, 9.17) is 9.97 Å². The predicted octanol–water partition coefficient (Wildman–Crippen LogP) is 8.09. The second-order valence-corrected chi connectivity index (χ2v) is 8.28. The summed E-state index contributed by atoms with van der Waals surface area (Å²) in [7, 11) is 0. The maximum Gasteiger partial charge on any atom is 0.0979 e. The van der Waals surface area contributed by atoms with Crippen LogP contribution in [0.1, 0.15) is 5.69 Å². The van der Waals surface area contributed by atoms with Crippen LogP contribution in [0.2, 0.25) is 0 Å². The molecule has 0 atom stereocenters. The molecule has 1 aromatic heterocycles. The summed E-state index contributed by atoms with van der Waals surface area (Å²) in [6, 6.07) is 40.1. The quantitative estimate of drug-likeness (QED) is 0.269. The van der Waals surface area contributed by atoms with E-state index in [9.17, 15) is 0 Å². The van der Waals surface area contributed by atoms with Crippen LogP contribution in [0.25, 0.3) is 55.3 Å². The molecule has 0 saturated carbocycles. The van der Waals surface area contributed by atoms with Crippen LogP contribution in [-0.2, 0) is 0 Å². The Morgan fingerprint density at radius 1 is 0.485 bits per heavy atom. The van der Waals surface area contributed by atoms with Crippen molar-refractivity contribution in [3.63, 3.8) is 0 Å². The van der Waals surface area contributed by atoms with E-state index in [-0.39, 0.29) is 0 Å². The van der Waals surface area contributed by atoms with E-state index in [1.807, 2.05) is 18.2 Å². The van der Waals surface area contributed by atoms with Crippen LogP contribution in [0.4, 0.5) is 0 Å². The minimum Gasteiger partial charge on any atom is -0.249 e. The van der Waals surface area contributed by atoms with Gasteiger partial charge >= 0.3 is 0 Å². The molecule has 0 unspecified atom stereocenters. The molecule has 0 bridgehead atoms. The fourth-order valence-electron chi connectivity index (χ4n) is 4.62. The first-order valence-electron chi connectivity index (χ1n) is 11.2. The summed E-state index contributed by atoms with van der Waals surface area (Å²) in [5, 5.41) is 2.29. The van der Waals surface area contributed by atoms with Crippen molar-refractivity contribution in [3.05, 3.63) is 121 Å². The largest absolute Gasteiger partial charge is 0.249 e. The molecule has 2 heteroatoms. The molecule has 6 rings (SSSR count). The van der Waals surface area contributed by atoms with Gasteiger partial charge in [0.05, 0.1) is 22.4 Å². The first-order valence-corrected chi connectivity index (χ1v) is 11.2. The molecule has 0 fully saturated rings. The maximum atomic E-state index is 5.20. The molecule has 33 heavy (non-hydrogen) atoms. The minimum atomic E-state index is 0.932. The van der Waals surface area contributed by atoms with E-state index in [2.05, 4.69) is 104 Å². The number of hydrogen-bond acceptors (Lipinski definition) is 2. The lowest BCUT2D eigenvalue weighted by Gasteiger charge is -2.15. The number of aromatic nitrogens is 2. The average molecular weight is 423 g/mol. The molecule has 0 saturated heterocycles. The van der Waals surface area contributed by atoms with Crippen molar-refractivity contribution in [1.82, 2.24) is 9.97 Å². The smallest absolute Gasteiger partial charge is 0.0979 e. The Morgan fingerprint density at radius 2 is 1.09 bits per heavy atom. The summed E-state index contributed by atoms with van der Waals surface area (Å²) in [4.78, 5) is 10.3. The van der Waals surface area contributed by atoms with Crippen molar-refractivity contribution in [2.45, 2.75) is 6.92 Å². The first-order chi connectivity index (χ1) is 16.3. The fourth-order valence-corrected chi connectivity index (χ4v) is 4.62. The van der Waals surface area contributed by atoms with Gasteiger partial charge in [0.2, 0.25) is 0 Å². The van der Waals surface area contributed by atoms with Gasteiger partial charge in [-0.2, -0.15) is 0 Å². The Labute approximate surface area is 193 Å². The monoisotopic (exact) mass is 422 g/mol. The molecule has 156 valence electrons. The molecule has 5 aromatic carbocycles. The Kier molecular flexibility index (Phi) is 4.70. The third-order valence-corrected chi connectivity index (χ3v) is 6.19. The van der Waals surface area contributed by atoms with Gasteiger partial charge in [0.15, 0.2) is 0 Å². The summed E-state index contributed by atoms with van der Waals surface area (Å²) in [5.74, 6) is 0. The van der Waals surface area contributed by atoms with Crippen molar-refractivity contribution in [1.29, 1.82) is 0 Å². The zero-order valence-electron chi connectivity index (χ0n) is 18.4. The van der Waals surface area contributed by atoms with E-state index in [0.717, 1.165) is 38.9 Å². The summed E-state index contributed by atoms with van der Waals surface area (Å²) in [5.41, 5.74) is 9.50. The van der Waals surface area contributed by atoms with Crippen LogP contribution in [0.3, 0.4) is 0 Å². The second-order valence-electron chi connectivity index (χ2n) is 8.28. The molecule has 0 aliphatic carbocycles. The Hall–Kier alpha value is -4.30. The lowest BCUT2D eigenvalue weighted by molar-refractivity contribution is 1.19. The van der Waals surface area contributed by atoms with Crippen molar-refractivity contribution in [2.75, 3.05) is 0 Å². The third kappa shape index (κ3) is 3.37. The van der Waals surface area contributed by atoms with E-state index in [0.29, 0.717) is 0 Å². The maximum absolute atomic E-state index is 5.20. The zero-order chi connectivity index (χ0) is 22.2. The number of rotatable bonds is 3. The summed E-state index contributed by atoms with van der Waals surface area (Å²) in [6.45, 7) is 2.05. The number of benzene rings is 5. The van der Waals surface area contributed by atoms with Crippen LogP contribution >= 0.6 is 0 Å². The van der Waals surface area contributed by atoms with E-state index in [1.54, 1.807) is 0 Å². The second kappa shape index (κ2) is 7.99. The molecule has 1 heterocycles. The highest BCUT2D eigenvalue weighted by Gasteiger charge is 2.17. The molecule has 0 aliphatic rings. The Bertz CT molecular complexity index is 1600. The summed E-state index contributed by atoms with van der Waals surface area (Å²) < 4.78 is 0. The Morgan fingerprint density at radius 3 is 1.85 bits per heavy atom. The molecule has 0 aliphatic heterocycles. The normalized spacial score (nSPS) is 11.2. The standard InChI is InChI=1S/C31H22N2/c1-21-29(23-14-6-3-7-15-23)33-30-26-18-9-8-16-24(26)20-28(31(30)32-21)27-19-11-10-17-25(27)22-12-4-2-5-13-22/h2-20H,1H3. The molecule has 0 spiro atoms. The van der Waals surface area contributed by atoms with Gasteiger partial charge in [-0.15, -0.1) is 0 Å². The predicted molar refractivity (Wildman–Crippen MR) is 138 cm³/mol. The van der Waals surface area contributed by atoms with E-state index in [1.165, 1.54) is 22.1 Å². The van der Waals surface area contributed by atoms with Gasteiger partial charge in [-0.05, 0) is 35.1 Å².